The molecule has 0 radical (unpaired) electrons. The summed E-state index contributed by atoms with van der Waals surface area (Å²) in [6.45, 7) is 7.55. The van der Waals surface area contributed by atoms with E-state index >= 15 is 0 Å². The van der Waals surface area contributed by atoms with Crippen LogP contribution in [0, 0.1) is 6.92 Å². The Morgan fingerprint density at radius 2 is 1.70 bits per heavy atom. The van der Waals surface area contributed by atoms with Crippen LogP contribution in [0.5, 0.6) is 11.5 Å². The van der Waals surface area contributed by atoms with Crippen molar-refractivity contribution in [2.45, 2.75) is 38.6 Å². The summed E-state index contributed by atoms with van der Waals surface area (Å²) in [6, 6.07) is 19.7. The number of fused-ring (bicyclic) bond motifs is 1. The Bertz CT molecular complexity index is 1990. The van der Waals surface area contributed by atoms with Gasteiger partial charge in [-0.05, 0) is 69.2 Å². The van der Waals surface area contributed by atoms with E-state index in [1.165, 1.54) is 34.1 Å². The summed E-state index contributed by atoms with van der Waals surface area (Å²) in [5.41, 5.74) is 2.73. The number of ether oxygens (including phenoxy) is 2. The van der Waals surface area contributed by atoms with E-state index in [0.717, 1.165) is 11.1 Å². The minimum atomic E-state index is -4.10. The van der Waals surface area contributed by atoms with E-state index in [1.54, 1.807) is 51.1 Å². The van der Waals surface area contributed by atoms with Gasteiger partial charge in [0.25, 0.3) is 5.56 Å². The molecule has 1 aliphatic rings. The number of hydrogen-bond acceptors (Lipinski definition) is 9. The normalized spacial score (nSPS) is 15.1. The fraction of sp³-hybridized carbons (Fsp3) is 0.219. The number of allylic oxidation sites excluding steroid dienone is 1. The van der Waals surface area contributed by atoms with Crippen molar-refractivity contribution < 1.29 is 26.9 Å². The second-order valence-electron chi connectivity index (χ2n) is 9.70. The molecule has 0 saturated carbocycles. The first-order chi connectivity index (χ1) is 20.6. The zero-order chi connectivity index (χ0) is 30.7. The van der Waals surface area contributed by atoms with Crippen LogP contribution in [0.3, 0.4) is 0 Å². The highest BCUT2D eigenvalue weighted by atomic mass is 32.2. The van der Waals surface area contributed by atoms with E-state index in [-0.39, 0.29) is 35.2 Å². The summed E-state index contributed by atoms with van der Waals surface area (Å²) < 4.78 is 44.2. The maximum Gasteiger partial charge on any atom is 0.339 e. The average molecular weight is 619 g/mol. The van der Waals surface area contributed by atoms with E-state index in [9.17, 15) is 18.0 Å². The highest BCUT2D eigenvalue weighted by molar-refractivity contribution is 7.87. The first-order valence-corrected chi connectivity index (χ1v) is 15.9. The third-order valence-electron chi connectivity index (χ3n) is 6.71. The Balaban J connectivity index is 1.57. The maximum atomic E-state index is 13.9. The molecule has 0 amide bonds. The number of esters is 1. The largest absolute Gasteiger partial charge is 0.490 e. The predicted molar refractivity (Wildman–Crippen MR) is 163 cm³/mol. The molecule has 0 unspecified atom stereocenters. The number of benzene rings is 3. The van der Waals surface area contributed by atoms with Gasteiger partial charge >= 0.3 is 16.1 Å². The van der Waals surface area contributed by atoms with Gasteiger partial charge in [0.05, 0.1) is 35.1 Å². The van der Waals surface area contributed by atoms with Gasteiger partial charge in [-0.15, -0.1) is 0 Å². The van der Waals surface area contributed by atoms with Gasteiger partial charge in [-0.3, -0.25) is 9.36 Å². The van der Waals surface area contributed by atoms with Crippen molar-refractivity contribution in [3.63, 3.8) is 0 Å². The summed E-state index contributed by atoms with van der Waals surface area (Å²) in [5.74, 6) is -0.286. The van der Waals surface area contributed by atoms with Crippen molar-refractivity contribution in [1.29, 1.82) is 0 Å². The van der Waals surface area contributed by atoms with Gasteiger partial charge in [0, 0.05) is 0 Å². The predicted octanol–water partition coefficient (Wildman–Crippen LogP) is 4.27. The molecule has 5 rings (SSSR count). The van der Waals surface area contributed by atoms with Crippen LogP contribution in [-0.4, -0.2) is 32.2 Å². The quantitative estimate of drug-likeness (QED) is 0.203. The van der Waals surface area contributed by atoms with Crippen LogP contribution >= 0.6 is 11.3 Å². The standard InChI is InChI=1S/C32H30N2O7S2/c1-5-39-26-18-22(14-17-25(26)41-43(37,38)24-15-12-20(3)13-16-24)19-27-30(35)34-29(23-10-8-7-9-11-23)28(31(36)40-6-2)21(4)33-32(34)42-27/h7-19,29H,5-6H2,1-4H3/t29-/m1/s1. The monoisotopic (exact) mass is 618 g/mol. The average Bonchev–Trinajstić information content (AvgIpc) is 3.28. The van der Waals surface area contributed by atoms with Gasteiger partial charge in [-0.25, -0.2) is 9.79 Å². The number of rotatable bonds is 9. The molecule has 3 aromatic carbocycles. The van der Waals surface area contributed by atoms with E-state index in [0.29, 0.717) is 26.2 Å². The van der Waals surface area contributed by atoms with Crippen LogP contribution < -0.4 is 23.8 Å². The summed E-state index contributed by atoms with van der Waals surface area (Å²) in [6.07, 6.45) is 1.68. The maximum absolute atomic E-state index is 13.9. The molecule has 222 valence electrons. The number of thiazole rings is 1. The fourth-order valence-electron chi connectivity index (χ4n) is 4.72. The van der Waals surface area contributed by atoms with Gasteiger partial charge in [0.1, 0.15) is 4.90 Å². The van der Waals surface area contributed by atoms with Gasteiger partial charge in [-0.1, -0.05) is 65.4 Å². The third kappa shape index (κ3) is 6.18. The highest BCUT2D eigenvalue weighted by Gasteiger charge is 2.33. The molecule has 9 nitrogen and oxygen atoms in total. The molecule has 0 fully saturated rings. The van der Waals surface area contributed by atoms with Crippen molar-refractivity contribution in [2.75, 3.05) is 13.2 Å². The van der Waals surface area contributed by atoms with Gasteiger partial charge in [0.2, 0.25) is 0 Å². The molecule has 1 atom stereocenters. The molecule has 2 heterocycles. The molecule has 1 aliphatic heterocycles. The van der Waals surface area contributed by atoms with Crippen LogP contribution in [0.4, 0.5) is 0 Å². The lowest BCUT2D eigenvalue weighted by Crippen LogP contribution is -2.39. The van der Waals surface area contributed by atoms with E-state index in [1.807, 2.05) is 37.3 Å². The van der Waals surface area contributed by atoms with Crippen molar-refractivity contribution in [1.82, 2.24) is 4.57 Å². The first kappa shape index (κ1) is 30.0. The molecule has 0 saturated heterocycles. The lowest BCUT2D eigenvalue weighted by atomic mass is 9.96. The molecule has 0 spiro atoms. The molecule has 0 bridgehead atoms. The minimum absolute atomic E-state index is 0.0242. The summed E-state index contributed by atoms with van der Waals surface area (Å²) in [5, 5.41) is 0. The van der Waals surface area contributed by atoms with Crippen molar-refractivity contribution in [3.05, 3.63) is 120 Å². The van der Waals surface area contributed by atoms with Crippen molar-refractivity contribution in [2.24, 2.45) is 4.99 Å². The first-order valence-electron chi connectivity index (χ1n) is 13.7. The van der Waals surface area contributed by atoms with Crippen LogP contribution in [0.2, 0.25) is 0 Å². The number of carbonyl (C=O) groups excluding carboxylic acids is 1. The molecule has 1 aromatic heterocycles. The summed E-state index contributed by atoms with van der Waals surface area (Å²) in [4.78, 5) is 31.9. The van der Waals surface area contributed by atoms with Crippen molar-refractivity contribution >= 4 is 33.5 Å². The summed E-state index contributed by atoms with van der Waals surface area (Å²) >= 11 is 1.19. The molecule has 43 heavy (non-hydrogen) atoms. The number of aromatic nitrogens is 1. The zero-order valence-corrected chi connectivity index (χ0v) is 25.7. The third-order valence-corrected chi connectivity index (χ3v) is 8.94. The Morgan fingerprint density at radius 3 is 2.37 bits per heavy atom. The topological polar surface area (TPSA) is 113 Å². The number of nitrogens with zero attached hydrogens (tertiary/aromatic N) is 2. The molecule has 0 N–H and O–H groups in total. The number of aryl methyl sites for hydroxylation is 1. The highest BCUT2D eigenvalue weighted by Crippen LogP contribution is 2.32. The van der Waals surface area contributed by atoms with Gasteiger partial charge in [0.15, 0.2) is 16.3 Å². The molecular weight excluding hydrogens is 588 g/mol. The Labute approximate surface area is 253 Å². The van der Waals surface area contributed by atoms with Crippen LogP contribution in [-0.2, 0) is 19.6 Å². The Morgan fingerprint density at radius 1 is 0.977 bits per heavy atom. The lowest BCUT2D eigenvalue weighted by Gasteiger charge is -2.24. The number of carbonyl (C=O) groups is 1. The SMILES string of the molecule is CCOC(=O)C1=C(C)N=c2sc(=Cc3ccc(OS(=O)(=O)c4ccc(C)cc4)c(OCC)c3)c(=O)n2[C@@H]1c1ccccc1. The second-order valence-corrected chi connectivity index (χ2v) is 12.3. The minimum Gasteiger partial charge on any atom is -0.490 e. The van der Waals surface area contributed by atoms with Crippen LogP contribution in [0.25, 0.3) is 6.08 Å². The summed E-state index contributed by atoms with van der Waals surface area (Å²) in [7, 11) is -4.10. The van der Waals surface area contributed by atoms with E-state index in [4.69, 9.17) is 13.7 Å². The Hall–Kier alpha value is -4.48. The van der Waals surface area contributed by atoms with Crippen LogP contribution in [0.1, 0.15) is 43.5 Å². The number of hydrogen-bond donors (Lipinski definition) is 0. The Kier molecular flexibility index (Phi) is 8.65. The molecule has 11 heteroatoms. The van der Waals surface area contributed by atoms with Crippen LogP contribution in [0.15, 0.2) is 98.7 Å². The van der Waals surface area contributed by atoms with Crippen molar-refractivity contribution in [3.8, 4) is 11.5 Å². The molecular formula is C32H30N2O7S2. The van der Waals surface area contributed by atoms with E-state index < -0.39 is 22.1 Å². The van der Waals surface area contributed by atoms with E-state index in [2.05, 4.69) is 4.99 Å². The zero-order valence-electron chi connectivity index (χ0n) is 24.1. The van der Waals surface area contributed by atoms with Gasteiger partial charge < -0.3 is 13.7 Å². The molecule has 4 aromatic rings. The molecule has 0 aliphatic carbocycles. The lowest BCUT2D eigenvalue weighted by molar-refractivity contribution is -0.139. The fourth-order valence-corrected chi connectivity index (χ4v) is 6.70. The second kappa shape index (κ2) is 12.4. The smallest absolute Gasteiger partial charge is 0.339 e. The van der Waals surface area contributed by atoms with Gasteiger partial charge in [-0.2, -0.15) is 8.42 Å².